The van der Waals surface area contributed by atoms with Crippen molar-refractivity contribution in [3.8, 4) is 0 Å². The van der Waals surface area contributed by atoms with Crippen molar-refractivity contribution in [2.45, 2.75) is 6.92 Å². The maximum atomic E-state index is 11.7. The quantitative estimate of drug-likeness (QED) is 0.659. The van der Waals surface area contributed by atoms with Gasteiger partial charge in [-0.1, -0.05) is 0 Å². The molecule has 0 unspecified atom stereocenters. The molecule has 0 amide bonds. The van der Waals surface area contributed by atoms with Gasteiger partial charge in [0.1, 0.15) is 12.4 Å². The van der Waals surface area contributed by atoms with Gasteiger partial charge in [-0.3, -0.25) is 0 Å². The van der Waals surface area contributed by atoms with E-state index in [0.717, 1.165) is 0 Å². The summed E-state index contributed by atoms with van der Waals surface area (Å²) in [4.78, 5) is 0. The molecule has 0 aliphatic carbocycles. The smallest absolute Gasteiger partial charge is 0.282 e. The number of ether oxygens (including phenoxy) is 1. The van der Waals surface area contributed by atoms with Crippen LogP contribution in [0.1, 0.15) is 6.92 Å². The first-order valence-electron chi connectivity index (χ1n) is 4.44. The minimum absolute atomic E-state index is 0.330. The average molecular weight is 220 g/mol. The second-order valence-corrected chi connectivity index (χ2v) is 5.37. The Labute approximate surface area is 85.1 Å². The molecule has 0 N–H and O–H groups in total. The summed E-state index contributed by atoms with van der Waals surface area (Å²) in [7, 11) is -0.241. The Hall–Kier alpha value is -0.590. The van der Waals surface area contributed by atoms with E-state index >= 15 is 0 Å². The van der Waals surface area contributed by atoms with Crippen molar-refractivity contribution < 1.29 is 13.2 Å². The summed E-state index contributed by atoms with van der Waals surface area (Å²) in [5.41, 5.74) is 0. The number of nitrogens with zero attached hydrogens (tertiary/aromatic N) is 2. The zero-order valence-corrected chi connectivity index (χ0v) is 9.54. The molecule has 5 nitrogen and oxygen atoms in total. The van der Waals surface area contributed by atoms with Crippen molar-refractivity contribution in [3.63, 3.8) is 0 Å². The van der Waals surface area contributed by atoms with Gasteiger partial charge in [-0.05, 0) is 13.0 Å². The summed E-state index contributed by atoms with van der Waals surface area (Å²) in [5.74, 6) is 0.710. The van der Waals surface area contributed by atoms with E-state index < -0.39 is 10.2 Å². The molecule has 0 radical (unpaired) electrons. The van der Waals surface area contributed by atoms with E-state index in [9.17, 15) is 8.42 Å². The highest BCUT2D eigenvalue weighted by molar-refractivity contribution is 7.86. The molecular formula is C8H16N2O3S. The molecule has 0 aromatic carbocycles. The number of morpholine rings is 1. The van der Waals surface area contributed by atoms with Gasteiger partial charge in [-0.15, -0.1) is 0 Å². The summed E-state index contributed by atoms with van der Waals surface area (Å²) in [6, 6.07) is 0. The lowest BCUT2D eigenvalue weighted by Crippen LogP contribution is -2.45. The maximum absolute atomic E-state index is 11.7. The average Bonchev–Trinajstić information content (AvgIpc) is 2.17. The molecule has 1 saturated heterocycles. The summed E-state index contributed by atoms with van der Waals surface area (Å²) in [6.07, 6.45) is 1.79. The summed E-state index contributed by atoms with van der Waals surface area (Å²) in [6.45, 7) is 3.00. The third-order valence-corrected chi connectivity index (χ3v) is 3.96. The fourth-order valence-corrected chi connectivity index (χ4v) is 2.24. The van der Waals surface area contributed by atoms with Crippen LogP contribution in [-0.2, 0) is 14.9 Å². The van der Waals surface area contributed by atoms with Crippen LogP contribution in [0.3, 0.4) is 0 Å². The molecule has 0 saturated carbocycles. The van der Waals surface area contributed by atoms with Gasteiger partial charge in [0.25, 0.3) is 10.2 Å². The van der Waals surface area contributed by atoms with Crippen LogP contribution in [0.4, 0.5) is 0 Å². The summed E-state index contributed by atoms with van der Waals surface area (Å²) < 4.78 is 31.3. The number of allylic oxidation sites excluding steroid dienone is 1. The van der Waals surface area contributed by atoms with Crippen molar-refractivity contribution in [2.75, 3.05) is 33.8 Å². The molecule has 1 aliphatic heterocycles. The predicted octanol–water partition coefficient (Wildman–Crippen LogP) is 0.0288. The van der Waals surface area contributed by atoms with Gasteiger partial charge < -0.3 is 4.74 Å². The van der Waals surface area contributed by atoms with Crippen molar-refractivity contribution in [1.82, 2.24) is 8.61 Å². The Morgan fingerprint density at radius 3 is 2.64 bits per heavy atom. The lowest BCUT2D eigenvalue weighted by atomic mass is 10.4. The monoisotopic (exact) mass is 220 g/mol. The van der Waals surface area contributed by atoms with Crippen LogP contribution in [0, 0.1) is 0 Å². The minimum atomic E-state index is -3.30. The Kier molecular flexibility index (Phi) is 3.52. The third-order valence-electron chi connectivity index (χ3n) is 2.07. The fourth-order valence-electron chi connectivity index (χ4n) is 1.18. The standard InChI is InChI=1S/C8H16N2O3S/c1-4-8-7-10(5-6-13-8)14(11,12)9(2)3/h4H,5-7H2,1-3H3/b8-4-. The molecule has 1 aliphatic rings. The molecule has 1 rings (SSSR count). The predicted molar refractivity (Wildman–Crippen MR) is 53.9 cm³/mol. The first-order chi connectivity index (χ1) is 6.48. The maximum Gasteiger partial charge on any atom is 0.282 e. The van der Waals surface area contributed by atoms with Crippen LogP contribution < -0.4 is 0 Å². The lowest BCUT2D eigenvalue weighted by molar-refractivity contribution is 0.133. The zero-order valence-electron chi connectivity index (χ0n) is 8.73. The molecule has 0 spiro atoms. The molecule has 1 fully saturated rings. The van der Waals surface area contributed by atoms with E-state index in [4.69, 9.17) is 4.74 Å². The number of rotatable bonds is 2. The molecule has 0 aromatic rings. The Morgan fingerprint density at radius 1 is 1.50 bits per heavy atom. The Balaban J connectivity index is 2.80. The first-order valence-corrected chi connectivity index (χ1v) is 5.83. The summed E-state index contributed by atoms with van der Waals surface area (Å²) in [5, 5.41) is 0. The lowest BCUT2D eigenvalue weighted by Gasteiger charge is -2.30. The highest BCUT2D eigenvalue weighted by Crippen LogP contribution is 2.13. The van der Waals surface area contributed by atoms with E-state index in [2.05, 4.69) is 0 Å². The zero-order chi connectivity index (χ0) is 10.8. The van der Waals surface area contributed by atoms with Crippen LogP contribution in [0.2, 0.25) is 0 Å². The Bertz CT molecular complexity index is 321. The van der Waals surface area contributed by atoms with Crippen LogP contribution in [0.15, 0.2) is 11.8 Å². The van der Waals surface area contributed by atoms with Crippen molar-refractivity contribution >= 4 is 10.2 Å². The van der Waals surface area contributed by atoms with Crippen molar-refractivity contribution in [2.24, 2.45) is 0 Å². The molecule has 82 valence electrons. The third kappa shape index (κ3) is 2.26. The molecule has 0 aromatic heterocycles. The highest BCUT2D eigenvalue weighted by atomic mass is 32.2. The van der Waals surface area contributed by atoms with E-state index in [1.54, 1.807) is 6.08 Å². The second kappa shape index (κ2) is 4.29. The van der Waals surface area contributed by atoms with Gasteiger partial charge in [0.15, 0.2) is 0 Å². The van der Waals surface area contributed by atoms with Crippen LogP contribution in [0.25, 0.3) is 0 Å². The minimum Gasteiger partial charge on any atom is -0.495 e. The molecule has 6 heteroatoms. The largest absolute Gasteiger partial charge is 0.495 e. The number of hydrogen-bond acceptors (Lipinski definition) is 3. The van der Waals surface area contributed by atoms with Crippen LogP contribution in [0.5, 0.6) is 0 Å². The van der Waals surface area contributed by atoms with Gasteiger partial charge in [-0.25, -0.2) is 0 Å². The van der Waals surface area contributed by atoms with Crippen LogP contribution in [-0.4, -0.2) is 50.8 Å². The van der Waals surface area contributed by atoms with Gasteiger partial charge >= 0.3 is 0 Å². The molecule has 14 heavy (non-hydrogen) atoms. The SMILES string of the molecule is C/C=C1/CN(S(=O)(=O)N(C)C)CCO1. The van der Waals surface area contributed by atoms with E-state index in [-0.39, 0.29) is 0 Å². The van der Waals surface area contributed by atoms with E-state index in [1.165, 1.54) is 22.7 Å². The Morgan fingerprint density at radius 2 is 2.14 bits per heavy atom. The van der Waals surface area contributed by atoms with Gasteiger partial charge in [-0.2, -0.15) is 17.0 Å². The van der Waals surface area contributed by atoms with E-state index in [1.807, 2.05) is 6.92 Å². The first kappa shape index (κ1) is 11.5. The van der Waals surface area contributed by atoms with E-state index in [0.29, 0.717) is 25.5 Å². The summed E-state index contributed by atoms with van der Waals surface area (Å²) >= 11 is 0. The molecular weight excluding hydrogens is 204 g/mol. The van der Waals surface area contributed by atoms with Gasteiger partial charge in [0.2, 0.25) is 0 Å². The van der Waals surface area contributed by atoms with Gasteiger partial charge in [0.05, 0.1) is 6.54 Å². The van der Waals surface area contributed by atoms with Crippen molar-refractivity contribution in [3.05, 3.63) is 11.8 Å². The molecule has 1 heterocycles. The molecule has 0 bridgehead atoms. The fraction of sp³-hybridized carbons (Fsp3) is 0.750. The molecule has 0 atom stereocenters. The van der Waals surface area contributed by atoms with Crippen molar-refractivity contribution in [1.29, 1.82) is 0 Å². The highest BCUT2D eigenvalue weighted by Gasteiger charge is 2.28. The van der Waals surface area contributed by atoms with Crippen LogP contribution >= 0.6 is 0 Å². The number of hydrogen-bond donors (Lipinski definition) is 0. The topological polar surface area (TPSA) is 49.9 Å². The van der Waals surface area contributed by atoms with Gasteiger partial charge in [0, 0.05) is 20.6 Å². The second-order valence-electron chi connectivity index (χ2n) is 3.23. The normalized spacial score (nSPS) is 22.7.